The molecule has 0 saturated heterocycles. The molecule has 1 aromatic rings. The highest BCUT2D eigenvalue weighted by Crippen LogP contribution is 2.26. The highest BCUT2D eigenvalue weighted by atomic mass is 35.5. The number of rotatable bonds is 5. The third kappa shape index (κ3) is 3.94. The number of carboxylic acid groups (broad SMARTS) is 1. The van der Waals surface area contributed by atoms with E-state index in [1.807, 2.05) is 19.1 Å². The van der Waals surface area contributed by atoms with Crippen LogP contribution in [0, 0.1) is 0 Å². The van der Waals surface area contributed by atoms with Gasteiger partial charge in [0.2, 0.25) is 5.91 Å². The lowest BCUT2D eigenvalue weighted by Crippen LogP contribution is -2.43. The number of amides is 1. The molecule has 5 nitrogen and oxygen atoms in total. The zero-order chi connectivity index (χ0) is 14.6. The fraction of sp³-hybridized carbons (Fsp3) is 0.385. The average Bonchev–Trinajstić information content (AvgIpc) is 2.36. The van der Waals surface area contributed by atoms with Crippen molar-refractivity contribution in [2.24, 2.45) is 5.73 Å². The molecule has 0 aliphatic carbocycles. The number of carbonyl (C=O) groups excluding carboxylic acids is 1. The molecule has 6 heteroatoms. The van der Waals surface area contributed by atoms with Gasteiger partial charge in [-0.25, -0.2) is 0 Å². The number of hydrogen-bond acceptors (Lipinski definition) is 3. The first kappa shape index (κ1) is 15.5. The van der Waals surface area contributed by atoms with E-state index >= 15 is 0 Å². The van der Waals surface area contributed by atoms with Crippen LogP contribution in [0.5, 0.6) is 0 Å². The van der Waals surface area contributed by atoms with Crippen LogP contribution in [0.4, 0.5) is 0 Å². The van der Waals surface area contributed by atoms with Gasteiger partial charge in [0.1, 0.15) is 0 Å². The molecule has 0 aliphatic heterocycles. The van der Waals surface area contributed by atoms with Gasteiger partial charge in [-0.3, -0.25) is 9.59 Å². The standard InChI is InChI=1S/C13H17ClN2O3/c1-8(9-5-3-4-6-10(9)14)16(2)13(19)11(15)7-12(17)18/h3-6,8,11H,7,15H2,1-2H3,(H,17,18). The Kier molecular flexibility index (Phi) is 5.32. The molecule has 0 fully saturated rings. The first-order valence-electron chi connectivity index (χ1n) is 5.83. The van der Waals surface area contributed by atoms with Gasteiger partial charge in [-0.15, -0.1) is 0 Å². The number of nitrogens with zero attached hydrogens (tertiary/aromatic N) is 1. The fourth-order valence-corrected chi connectivity index (χ4v) is 2.04. The number of benzene rings is 1. The molecule has 1 rings (SSSR count). The van der Waals surface area contributed by atoms with Crippen molar-refractivity contribution in [3.63, 3.8) is 0 Å². The molecule has 0 heterocycles. The Morgan fingerprint density at radius 1 is 1.42 bits per heavy atom. The van der Waals surface area contributed by atoms with Crippen LogP contribution in [0.2, 0.25) is 5.02 Å². The number of halogens is 1. The minimum atomic E-state index is -1.10. The molecule has 1 amide bonds. The molecule has 3 N–H and O–H groups in total. The Morgan fingerprint density at radius 2 is 2.00 bits per heavy atom. The maximum absolute atomic E-state index is 12.0. The van der Waals surface area contributed by atoms with Crippen LogP contribution < -0.4 is 5.73 Å². The Morgan fingerprint density at radius 3 is 2.53 bits per heavy atom. The molecule has 0 spiro atoms. The van der Waals surface area contributed by atoms with E-state index < -0.39 is 24.3 Å². The predicted molar refractivity (Wildman–Crippen MR) is 72.9 cm³/mol. The minimum absolute atomic E-state index is 0.277. The van der Waals surface area contributed by atoms with E-state index in [1.54, 1.807) is 19.2 Å². The highest BCUT2D eigenvalue weighted by molar-refractivity contribution is 6.31. The van der Waals surface area contributed by atoms with Crippen molar-refractivity contribution in [3.05, 3.63) is 34.9 Å². The molecule has 0 aliphatic rings. The van der Waals surface area contributed by atoms with Gasteiger partial charge in [0.25, 0.3) is 0 Å². The lowest BCUT2D eigenvalue weighted by Gasteiger charge is -2.28. The maximum Gasteiger partial charge on any atom is 0.305 e. The average molecular weight is 285 g/mol. The van der Waals surface area contributed by atoms with Crippen molar-refractivity contribution in [1.82, 2.24) is 4.90 Å². The third-order valence-corrected chi connectivity index (χ3v) is 3.34. The first-order valence-corrected chi connectivity index (χ1v) is 6.21. The number of nitrogens with two attached hydrogens (primary N) is 1. The molecule has 2 unspecified atom stereocenters. The summed E-state index contributed by atoms with van der Waals surface area (Å²) in [5, 5.41) is 9.20. The largest absolute Gasteiger partial charge is 0.481 e. The topological polar surface area (TPSA) is 83.6 Å². The van der Waals surface area contributed by atoms with Gasteiger partial charge in [-0.1, -0.05) is 29.8 Å². The summed E-state index contributed by atoms with van der Waals surface area (Å²) in [5.74, 6) is -1.52. The molecule has 2 atom stereocenters. The monoisotopic (exact) mass is 284 g/mol. The van der Waals surface area contributed by atoms with Gasteiger partial charge in [-0.2, -0.15) is 0 Å². The Hall–Kier alpha value is -1.59. The number of likely N-dealkylation sites (N-methyl/N-ethyl adjacent to an activating group) is 1. The Balaban J connectivity index is 2.82. The van der Waals surface area contributed by atoms with Crippen molar-refractivity contribution >= 4 is 23.5 Å². The fourth-order valence-electron chi connectivity index (χ4n) is 1.75. The van der Waals surface area contributed by atoms with E-state index in [2.05, 4.69) is 0 Å². The quantitative estimate of drug-likeness (QED) is 0.861. The Bertz CT molecular complexity index is 479. The number of hydrogen-bond donors (Lipinski definition) is 2. The van der Waals surface area contributed by atoms with Crippen molar-refractivity contribution in [2.75, 3.05) is 7.05 Å². The van der Waals surface area contributed by atoms with E-state index in [-0.39, 0.29) is 6.04 Å². The molecule has 0 radical (unpaired) electrons. The lowest BCUT2D eigenvalue weighted by atomic mass is 10.1. The number of aliphatic carboxylic acids is 1. The zero-order valence-corrected chi connectivity index (χ0v) is 11.6. The molecular weight excluding hydrogens is 268 g/mol. The van der Waals surface area contributed by atoms with Crippen molar-refractivity contribution in [3.8, 4) is 0 Å². The van der Waals surface area contributed by atoms with E-state index in [0.717, 1.165) is 5.56 Å². The zero-order valence-electron chi connectivity index (χ0n) is 10.8. The van der Waals surface area contributed by atoms with Gasteiger partial charge in [0, 0.05) is 12.1 Å². The summed E-state index contributed by atoms with van der Waals surface area (Å²) < 4.78 is 0. The molecule has 0 aromatic heterocycles. The molecule has 104 valence electrons. The highest BCUT2D eigenvalue weighted by Gasteiger charge is 2.25. The Labute approximate surface area is 117 Å². The number of carboxylic acids is 1. The SMILES string of the molecule is CC(c1ccccc1Cl)N(C)C(=O)C(N)CC(=O)O. The first-order chi connectivity index (χ1) is 8.84. The van der Waals surface area contributed by atoms with Gasteiger partial charge in [0.05, 0.1) is 18.5 Å². The summed E-state index contributed by atoms with van der Waals surface area (Å²) in [6.07, 6.45) is -0.390. The normalized spacial score (nSPS) is 13.7. The summed E-state index contributed by atoms with van der Waals surface area (Å²) in [6, 6.07) is 5.86. The number of carbonyl (C=O) groups is 2. The van der Waals surface area contributed by atoms with Gasteiger partial charge in [-0.05, 0) is 18.6 Å². The maximum atomic E-state index is 12.0. The second kappa shape index (κ2) is 6.54. The second-order valence-corrected chi connectivity index (χ2v) is 4.76. The van der Waals surface area contributed by atoms with Crippen LogP contribution in [0.1, 0.15) is 24.9 Å². The van der Waals surface area contributed by atoms with E-state index in [0.29, 0.717) is 5.02 Å². The van der Waals surface area contributed by atoms with Crippen molar-refractivity contribution < 1.29 is 14.7 Å². The smallest absolute Gasteiger partial charge is 0.305 e. The molecule has 0 bridgehead atoms. The van der Waals surface area contributed by atoms with Crippen LogP contribution in [0.25, 0.3) is 0 Å². The van der Waals surface area contributed by atoms with Gasteiger partial charge in [0.15, 0.2) is 0 Å². The summed E-state index contributed by atoms with van der Waals surface area (Å²) in [6.45, 7) is 1.81. The van der Waals surface area contributed by atoms with E-state index in [4.69, 9.17) is 22.4 Å². The molecule has 1 aromatic carbocycles. The van der Waals surface area contributed by atoms with Crippen LogP contribution in [-0.4, -0.2) is 35.0 Å². The van der Waals surface area contributed by atoms with Crippen LogP contribution in [0.15, 0.2) is 24.3 Å². The van der Waals surface area contributed by atoms with Crippen molar-refractivity contribution in [1.29, 1.82) is 0 Å². The van der Waals surface area contributed by atoms with E-state index in [9.17, 15) is 9.59 Å². The summed E-state index contributed by atoms with van der Waals surface area (Å²) in [7, 11) is 1.58. The van der Waals surface area contributed by atoms with Crippen LogP contribution in [-0.2, 0) is 9.59 Å². The predicted octanol–water partition coefficient (Wildman–Crippen LogP) is 1.66. The molecular formula is C13H17ClN2O3. The molecule has 0 saturated carbocycles. The van der Waals surface area contributed by atoms with Gasteiger partial charge < -0.3 is 15.7 Å². The molecule has 19 heavy (non-hydrogen) atoms. The summed E-state index contributed by atoms with van der Waals surface area (Å²) in [4.78, 5) is 24.0. The summed E-state index contributed by atoms with van der Waals surface area (Å²) >= 11 is 6.07. The second-order valence-electron chi connectivity index (χ2n) is 4.35. The van der Waals surface area contributed by atoms with Crippen molar-refractivity contribution in [2.45, 2.75) is 25.4 Å². The van der Waals surface area contributed by atoms with Gasteiger partial charge >= 0.3 is 5.97 Å². The van der Waals surface area contributed by atoms with E-state index in [1.165, 1.54) is 4.90 Å². The summed E-state index contributed by atoms with van der Waals surface area (Å²) in [5.41, 5.74) is 6.36. The van der Waals surface area contributed by atoms with Crippen LogP contribution >= 0.6 is 11.6 Å². The minimum Gasteiger partial charge on any atom is -0.481 e. The third-order valence-electron chi connectivity index (χ3n) is 3.00. The van der Waals surface area contributed by atoms with Crippen LogP contribution in [0.3, 0.4) is 0 Å². The lowest BCUT2D eigenvalue weighted by molar-refractivity contribution is -0.142.